The van der Waals surface area contributed by atoms with Crippen molar-refractivity contribution in [3.63, 3.8) is 0 Å². The van der Waals surface area contributed by atoms with Gasteiger partial charge in [-0.1, -0.05) is 158 Å². The second-order valence-electron chi connectivity index (χ2n) is 22.0. The maximum atomic E-state index is 9.79. The van der Waals surface area contributed by atoms with Gasteiger partial charge in [0, 0.05) is 54.8 Å². The number of hydrogen-bond acceptors (Lipinski definition) is 5. The minimum absolute atomic E-state index is 0.227. The van der Waals surface area contributed by atoms with Crippen LogP contribution in [0.2, 0.25) is 0 Å². The van der Waals surface area contributed by atoms with Crippen LogP contribution in [0.25, 0.3) is 110 Å². The molecule has 0 amide bonds. The van der Waals surface area contributed by atoms with Crippen molar-refractivity contribution in [3.05, 3.63) is 253 Å². The zero-order chi connectivity index (χ0) is 56.6. The van der Waals surface area contributed by atoms with Crippen molar-refractivity contribution in [2.24, 2.45) is 0 Å². The van der Waals surface area contributed by atoms with Gasteiger partial charge in [0.25, 0.3) is 0 Å². The highest BCUT2D eigenvalue weighted by molar-refractivity contribution is 6.16. The quantitative estimate of drug-likeness (QED) is 0.152. The van der Waals surface area contributed by atoms with Gasteiger partial charge in [-0.3, -0.25) is 0 Å². The number of furan rings is 3. The number of nitrogens with zero attached hydrogens (tertiary/aromatic N) is 2. The Morgan fingerprint density at radius 1 is 0.321 bits per heavy atom. The molecule has 15 aromatic rings. The number of fused-ring (bicyclic) bond motifs is 13. The first-order valence-electron chi connectivity index (χ1n) is 30.5. The van der Waals surface area contributed by atoms with E-state index in [4.69, 9.17) is 13.3 Å². The molecule has 0 atom stereocenters. The van der Waals surface area contributed by atoms with Crippen LogP contribution in [0.1, 0.15) is 53.4 Å². The summed E-state index contributed by atoms with van der Waals surface area (Å²) in [6.45, 7) is 0. The van der Waals surface area contributed by atoms with E-state index in [1.165, 1.54) is 0 Å². The predicted octanol–water partition coefficient (Wildman–Crippen LogP) is 21.7. The summed E-state index contributed by atoms with van der Waals surface area (Å²) in [6, 6.07) is 72.6. The van der Waals surface area contributed by atoms with Crippen LogP contribution in [-0.4, -0.2) is 0 Å². The summed E-state index contributed by atoms with van der Waals surface area (Å²) in [6.07, 6.45) is 7.04. The summed E-state index contributed by atoms with van der Waals surface area (Å²) in [7, 11) is 0. The normalized spacial score (nSPS) is 14.2. The Kier molecular flexibility index (Phi) is 9.56. The highest BCUT2D eigenvalue weighted by atomic mass is 16.3. The number of para-hydroxylation sites is 4. The van der Waals surface area contributed by atoms with Gasteiger partial charge < -0.3 is 23.1 Å². The molecule has 0 N–H and O–H groups in total. The second kappa shape index (κ2) is 18.4. The number of anilines is 6. The van der Waals surface area contributed by atoms with E-state index < -0.39 is 0 Å². The lowest BCUT2D eigenvalue weighted by molar-refractivity contribution is 0.668. The third kappa shape index (κ3) is 7.38. The fourth-order valence-electron chi connectivity index (χ4n) is 13.5. The Morgan fingerprint density at radius 3 is 1.23 bits per heavy atom. The molecule has 386 valence electrons. The Labute approximate surface area is 474 Å². The highest BCUT2D eigenvalue weighted by Crippen LogP contribution is 2.52. The average Bonchev–Trinajstić information content (AvgIpc) is 2.22. The van der Waals surface area contributed by atoms with Crippen molar-refractivity contribution in [2.45, 2.75) is 51.4 Å². The molecule has 2 aliphatic carbocycles. The standard InChI is InChI=1S/C76H54N2O3/c1-3-17-47(18-4-1)59-39-35-49-21-7-9-23-57(49)73(59)77(67-29-15-27-63-61-25-11-13-31-69(61)80-75(63)67)55-37-33-51-43-65-66-44-52-34-38-56(42-54(52)46-72(66)79-71(65)45-53(51)41-55)78(68-30-16-28-64-62-26-12-14-32-70(62)81-76(64)68)74-58-24-10-8-22-50(58)36-40-60(74)48-19-5-2-6-20-48/h1-6,11-20,25-46H,7-10,21-24H2/i35D,36D,39D,40D. The van der Waals surface area contributed by atoms with Gasteiger partial charge in [-0.25, -0.2) is 0 Å². The predicted molar refractivity (Wildman–Crippen MR) is 337 cm³/mol. The van der Waals surface area contributed by atoms with Crippen LogP contribution < -0.4 is 9.80 Å². The molecule has 0 bridgehead atoms. The van der Waals surface area contributed by atoms with Gasteiger partial charge in [0.15, 0.2) is 11.2 Å². The first-order chi connectivity index (χ1) is 41.8. The van der Waals surface area contributed by atoms with Crippen LogP contribution in [-0.2, 0) is 25.7 Å². The SMILES string of the molecule is [2H]c1c([2H])c(-c2ccccc2)c(N(c2ccc3cc4c(cc3c2)oc2cc3cc(N(c5c6c(c([2H])c([2H])c5-c5ccccc5)CCCC6)c5cccc6c5oc5ccccc56)ccc3cc24)c2cccc3c2oc2ccccc23)c2c1CCCC2. The molecule has 3 aromatic heterocycles. The fraction of sp³-hybridized carbons (Fsp3) is 0.105. The van der Waals surface area contributed by atoms with E-state index in [0.717, 1.165) is 217 Å². The molecule has 17 rings (SSSR count). The summed E-state index contributed by atoms with van der Waals surface area (Å²) in [4.78, 5) is 4.62. The maximum absolute atomic E-state index is 9.79. The summed E-state index contributed by atoms with van der Waals surface area (Å²) < 4.78 is 59.2. The monoisotopic (exact) mass is 1050 g/mol. The van der Waals surface area contributed by atoms with Gasteiger partial charge >= 0.3 is 0 Å². The third-order valence-corrected chi connectivity index (χ3v) is 17.3. The first kappa shape index (κ1) is 42.2. The smallest absolute Gasteiger partial charge is 0.159 e. The van der Waals surface area contributed by atoms with Crippen LogP contribution in [0.3, 0.4) is 0 Å². The van der Waals surface area contributed by atoms with E-state index in [0.29, 0.717) is 12.1 Å². The Balaban J connectivity index is 0.861. The summed E-state index contributed by atoms with van der Waals surface area (Å²) >= 11 is 0. The lowest BCUT2D eigenvalue weighted by Gasteiger charge is -2.33. The van der Waals surface area contributed by atoms with E-state index in [9.17, 15) is 5.48 Å². The van der Waals surface area contributed by atoms with Crippen molar-refractivity contribution < 1.29 is 18.7 Å². The van der Waals surface area contributed by atoms with Crippen LogP contribution >= 0.6 is 0 Å². The van der Waals surface area contributed by atoms with Crippen molar-refractivity contribution >= 4 is 121 Å². The minimum atomic E-state index is 0.227. The van der Waals surface area contributed by atoms with Gasteiger partial charge in [0.05, 0.1) is 28.2 Å². The molecule has 0 radical (unpaired) electrons. The molecule has 0 spiro atoms. The first-order valence-corrected chi connectivity index (χ1v) is 28.5. The van der Waals surface area contributed by atoms with E-state index in [1.807, 2.05) is 60.7 Å². The summed E-state index contributed by atoms with van der Waals surface area (Å²) in [5.41, 5.74) is 17.4. The molecular weight excluding hydrogens is 989 g/mol. The zero-order valence-electron chi connectivity index (χ0n) is 48.4. The third-order valence-electron chi connectivity index (χ3n) is 17.3. The molecule has 5 heteroatoms. The average molecular weight is 1050 g/mol. The van der Waals surface area contributed by atoms with Crippen molar-refractivity contribution in [1.29, 1.82) is 0 Å². The molecule has 5 nitrogen and oxygen atoms in total. The molecule has 12 aromatic carbocycles. The van der Waals surface area contributed by atoms with Gasteiger partial charge in [-0.2, -0.15) is 0 Å². The van der Waals surface area contributed by atoms with E-state index in [2.05, 4.69) is 155 Å². The van der Waals surface area contributed by atoms with E-state index in [1.54, 1.807) is 0 Å². The number of hydrogen-bond donors (Lipinski definition) is 0. The largest absolute Gasteiger partial charge is 0.456 e. The topological polar surface area (TPSA) is 45.9 Å². The Hall–Kier alpha value is -9.84. The van der Waals surface area contributed by atoms with E-state index in [-0.39, 0.29) is 12.1 Å². The molecule has 2 aliphatic rings. The van der Waals surface area contributed by atoms with E-state index >= 15 is 0 Å². The van der Waals surface area contributed by atoms with Crippen LogP contribution in [0.15, 0.2) is 244 Å². The van der Waals surface area contributed by atoms with Gasteiger partial charge in [-0.15, -0.1) is 0 Å². The second-order valence-corrected chi connectivity index (χ2v) is 22.0. The Bertz CT molecular complexity index is 4950. The van der Waals surface area contributed by atoms with Crippen molar-refractivity contribution in [3.8, 4) is 22.3 Å². The fourth-order valence-corrected chi connectivity index (χ4v) is 13.5. The molecule has 0 saturated heterocycles. The van der Waals surface area contributed by atoms with Gasteiger partial charge in [0.1, 0.15) is 22.3 Å². The number of rotatable bonds is 8. The van der Waals surface area contributed by atoms with Crippen LogP contribution in [0.4, 0.5) is 34.1 Å². The molecule has 0 aliphatic heterocycles. The summed E-state index contributed by atoms with van der Waals surface area (Å²) in [5, 5.41) is 10.3. The minimum Gasteiger partial charge on any atom is -0.456 e. The van der Waals surface area contributed by atoms with Crippen molar-refractivity contribution in [1.82, 2.24) is 0 Å². The lowest BCUT2D eigenvalue weighted by Crippen LogP contribution is -2.17. The molecule has 0 fully saturated rings. The van der Waals surface area contributed by atoms with Crippen molar-refractivity contribution in [2.75, 3.05) is 9.80 Å². The van der Waals surface area contributed by atoms with Gasteiger partial charge in [0.2, 0.25) is 0 Å². The molecule has 81 heavy (non-hydrogen) atoms. The lowest BCUT2D eigenvalue weighted by atomic mass is 9.86. The number of benzene rings is 12. The highest BCUT2D eigenvalue weighted by Gasteiger charge is 2.30. The van der Waals surface area contributed by atoms with Crippen LogP contribution in [0.5, 0.6) is 0 Å². The molecular formula is C76H54N2O3. The molecule has 3 heterocycles. The maximum Gasteiger partial charge on any atom is 0.159 e. The summed E-state index contributed by atoms with van der Waals surface area (Å²) in [5.74, 6) is 0. The van der Waals surface area contributed by atoms with Crippen LogP contribution in [0, 0.1) is 0 Å². The molecule has 0 saturated carbocycles. The van der Waals surface area contributed by atoms with Gasteiger partial charge in [-0.05, 0) is 179 Å². The molecule has 0 unspecified atom stereocenters. The zero-order valence-corrected chi connectivity index (χ0v) is 44.4. The Morgan fingerprint density at radius 2 is 0.753 bits per heavy atom.